The van der Waals surface area contributed by atoms with Crippen LogP contribution < -0.4 is 0 Å². The SMILES string of the molecule is O=C(CC1CCSCC1)c1ccc(Cl)cc1. The highest BCUT2D eigenvalue weighted by molar-refractivity contribution is 7.99. The van der Waals surface area contributed by atoms with Gasteiger partial charge in [0.15, 0.2) is 5.78 Å². The maximum Gasteiger partial charge on any atom is 0.163 e. The maximum absolute atomic E-state index is 12.0. The lowest BCUT2D eigenvalue weighted by atomic mass is 9.93. The summed E-state index contributed by atoms with van der Waals surface area (Å²) in [5.41, 5.74) is 0.794. The molecule has 0 saturated carbocycles. The van der Waals surface area contributed by atoms with E-state index < -0.39 is 0 Å². The Morgan fingerprint density at radius 2 is 1.88 bits per heavy atom. The normalized spacial score (nSPS) is 17.3. The van der Waals surface area contributed by atoms with Gasteiger partial charge in [-0.05, 0) is 54.5 Å². The Balaban J connectivity index is 1.94. The second-order valence-corrected chi connectivity index (χ2v) is 5.85. The Bertz CT molecular complexity index is 355. The summed E-state index contributed by atoms with van der Waals surface area (Å²) < 4.78 is 0. The molecule has 2 rings (SSSR count). The molecule has 1 aliphatic heterocycles. The highest BCUT2D eigenvalue weighted by Gasteiger charge is 2.17. The summed E-state index contributed by atoms with van der Waals surface area (Å²) in [5.74, 6) is 3.26. The van der Waals surface area contributed by atoms with Crippen molar-refractivity contribution in [2.45, 2.75) is 19.3 Å². The number of Topliss-reactive ketones (excluding diaryl/α,β-unsaturated/α-hetero) is 1. The fourth-order valence-corrected chi connectivity index (χ4v) is 3.30. The third-order valence-corrected chi connectivity index (χ3v) is 4.28. The molecule has 1 saturated heterocycles. The minimum absolute atomic E-state index is 0.258. The van der Waals surface area contributed by atoms with Crippen LogP contribution in [0.4, 0.5) is 0 Å². The van der Waals surface area contributed by atoms with E-state index in [1.165, 1.54) is 24.3 Å². The first-order valence-electron chi connectivity index (χ1n) is 5.62. The number of carbonyl (C=O) groups excluding carboxylic acids is 1. The lowest BCUT2D eigenvalue weighted by Crippen LogP contribution is -2.14. The molecule has 1 aliphatic rings. The van der Waals surface area contributed by atoms with Gasteiger partial charge in [0, 0.05) is 17.0 Å². The minimum Gasteiger partial charge on any atom is -0.294 e. The first-order chi connectivity index (χ1) is 7.75. The van der Waals surface area contributed by atoms with Gasteiger partial charge < -0.3 is 0 Å². The molecule has 0 atom stereocenters. The van der Waals surface area contributed by atoms with Crippen molar-refractivity contribution in [2.75, 3.05) is 11.5 Å². The van der Waals surface area contributed by atoms with E-state index in [9.17, 15) is 4.79 Å². The second-order valence-electron chi connectivity index (χ2n) is 4.19. The number of hydrogen-bond acceptors (Lipinski definition) is 2. The number of carbonyl (C=O) groups is 1. The van der Waals surface area contributed by atoms with E-state index in [1.807, 2.05) is 23.9 Å². The molecule has 0 aliphatic carbocycles. The van der Waals surface area contributed by atoms with Crippen molar-refractivity contribution in [3.05, 3.63) is 34.9 Å². The van der Waals surface area contributed by atoms with Crippen LogP contribution in [0, 0.1) is 5.92 Å². The van der Waals surface area contributed by atoms with E-state index in [2.05, 4.69) is 0 Å². The summed E-state index contributed by atoms with van der Waals surface area (Å²) in [6.07, 6.45) is 3.07. The number of halogens is 1. The Kier molecular flexibility index (Phi) is 4.30. The molecular formula is C13H15ClOS. The van der Waals surface area contributed by atoms with Crippen molar-refractivity contribution in [1.29, 1.82) is 0 Å². The number of ketones is 1. The molecule has 0 N–H and O–H groups in total. The molecule has 1 heterocycles. The summed E-state index contributed by atoms with van der Waals surface area (Å²) in [5, 5.41) is 0.686. The molecule has 3 heteroatoms. The summed E-state index contributed by atoms with van der Waals surface area (Å²) in [6, 6.07) is 7.21. The summed E-state index contributed by atoms with van der Waals surface area (Å²) >= 11 is 7.79. The van der Waals surface area contributed by atoms with Crippen LogP contribution in [0.1, 0.15) is 29.6 Å². The minimum atomic E-state index is 0.258. The largest absolute Gasteiger partial charge is 0.294 e. The third-order valence-electron chi connectivity index (χ3n) is 2.98. The van der Waals surface area contributed by atoms with Crippen molar-refractivity contribution >= 4 is 29.1 Å². The van der Waals surface area contributed by atoms with Crippen LogP contribution >= 0.6 is 23.4 Å². The molecule has 0 unspecified atom stereocenters. The van der Waals surface area contributed by atoms with Gasteiger partial charge >= 0.3 is 0 Å². The standard InChI is InChI=1S/C13H15ClOS/c14-12-3-1-11(2-4-12)13(15)9-10-5-7-16-8-6-10/h1-4,10H,5-9H2. The van der Waals surface area contributed by atoms with E-state index in [-0.39, 0.29) is 5.78 Å². The molecule has 1 aromatic carbocycles. The molecule has 0 amide bonds. The predicted octanol–water partition coefficient (Wildman–Crippen LogP) is 4.06. The van der Waals surface area contributed by atoms with E-state index >= 15 is 0 Å². The molecule has 1 aromatic rings. The smallest absolute Gasteiger partial charge is 0.163 e. The van der Waals surface area contributed by atoms with Crippen LogP contribution in [-0.2, 0) is 0 Å². The number of rotatable bonds is 3. The summed E-state index contributed by atoms with van der Waals surface area (Å²) in [4.78, 5) is 12.0. The lowest BCUT2D eigenvalue weighted by Gasteiger charge is -2.20. The molecule has 1 nitrogen and oxygen atoms in total. The van der Waals surface area contributed by atoms with Gasteiger partial charge in [-0.3, -0.25) is 4.79 Å². The van der Waals surface area contributed by atoms with Gasteiger partial charge in [0.1, 0.15) is 0 Å². The van der Waals surface area contributed by atoms with Crippen LogP contribution in [0.3, 0.4) is 0 Å². The molecule has 0 spiro atoms. The van der Waals surface area contributed by atoms with Gasteiger partial charge in [-0.15, -0.1) is 0 Å². The lowest BCUT2D eigenvalue weighted by molar-refractivity contribution is 0.0958. The number of thioether (sulfide) groups is 1. The van der Waals surface area contributed by atoms with Crippen LogP contribution in [-0.4, -0.2) is 17.3 Å². The fourth-order valence-electron chi connectivity index (χ4n) is 1.97. The average Bonchev–Trinajstić information content (AvgIpc) is 2.31. The van der Waals surface area contributed by atoms with Crippen molar-refractivity contribution in [2.24, 2.45) is 5.92 Å². The molecule has 86 valence electrons. The maximum atomic E-state index is 12.0. The Morgan fingerprint density at radius 3 is 2.50 bits per heavy atom. The van der Waals surface area contributed by atoms with Crippen LogP contribution in [0.2, 0.25) is 5.02 Å². The highest BCUT2D eigenvalue weighted by atomic mass is 35.5. The Labute approximate surface area is 106 Å². The van der Waals surface area contributed by atoms with E-state index in [1.54, 1.807) is 12.1 Å². The van der Waals surface area contributed by atoms with Crippen LogP contribution in [0.25, 0.3) is 0 Å². The molecular weight excluding hydrogens is 240 g/mol. The Morgan fingerprint density at radius 1 is 1.25 bits per heavy atom. The monoisotopic (exact) mass is 254 g/mol. The van der Waals surface area contributed by atoms with Gasteiger partial charge in [0.2, 0.25) is 0 Å². The second kappa shape index (κ2) is 5.74. The zero-order valence-electron chi connectivity index (χ0n) is 9.12. The van der Waals surface area contributed by atoms with E-state index in [4.69, 9.17) is 11.6 Å². The summed E-state index contributed by atoms with van der Waals surface area (Å²) in [6.45, 7) is 0. The zero-order chi connectivity index (χ0) is 11.4. The van der Waals surface area contributed by atoms with Crippen molar-refractivity contribution in [1.82, 2.24) is 0 Å². The van der Waals surface area contributed by atoms with Gasteiger partial charge in [-0.2, -0.15) is 11.8 Å². The molecule has 0 radical (unpaired) electrons. The van der Waals surface area contributed by atoms with Gasteiger partial charge in [-0.25, -0.2) is 0 Å². The number of hydrogen-bond donors (Lipinski definition) is 0. The van der Waals surface area contributed by atoms with Crippen LogP contribution in [0.5, 0.6) is 0 Å². The van der Waals surface area contributed by atoms with Gasteiger partial charge in [-0.1, -0.05) is 11.6 Å². The quantitative estimate of drug-likeness (QED) is 0.757. The van der Waals surface area contributed by atoms with Crippen molar-refractivity contribution in [3.63, 3.8) is 0 Å². The van der Waals surface area contributed by atoms with Crippen LogP contribution in [0.15, 0.2) is 24.3 Å². The van der Waals surface area contributed by atoms with Crippen molar-refractivity contribution in [3.8, 4) is 0 Å². The van der Waals surface area contributed by atoms with Crippen molar-refractivity contribution < 1.29 is 4.79 Å². The first-order valence-corrected chi connectivity index (χ1v) is 7.15. The predicted molar refractivity (Wildman–Crippen MR) is 70.4 cm³/mol. The van der Waals surface area contributed by atoms with E-state index in [0.717, 1.165) is 5.56 Å². The van der Waals surface area contributed by atoms with Gasteiger partial charge in [0.25, 0.3) is 0 Å². The zero-order valence-corrected chi connectivity index (χ0v) is 10.7. The fraction of sp³-hybridized carbons (Fsp3) is 0.462. The topological polar surface area (TPSA) is 17.1 Å². The third kappa shape index (κ3) is 3.26. The average molecular weight is 255 g/mol. The van der Waals surface area contributed by atoms with Gasteiger partial charge in [0.05, 0.1) is 0 Å². The Hall–Kier alpha value is -0.470. The molecule has 1 fully saturated rings. The molecule has 0 aromatic heterocycles. The molecule has 16 heavy (non-hydrogen) atoms. The summed E-state index contributed by atoms with van der Waals surface area (Å²) in [7, 11) is 0. The highest BCUT2D eigenvalue weighted by Crippen LogP contribution is 2.26. The van der Waals surface area contributed by atoms with E-state index in [0.29, 0.717) is 17.4 Å². The number of benzene rings is 1. The first kappa shape index (κ1) is 12.0. The molecule has 0 bridgehead atoms.